The number of pyridine rings is 1. The molecular weight excluding hydrogens is 339 g/mol. The summed E-state index contributed by atoms with van der Waals surface area (Å²) in [6, 6.07) is 7.18. The molecule has 7 nitrogen and oxygen atoms in total. The number of amides is 3. The van der Waals surface area contributed by atoms with E-state index in [-0.39, 0.29) is 11.3 Å². The number of hydrogen-bond acceptors (Lipinski definition) is 4. The SMILES string of the molecule is CC1=NC(=O)N(C(=O)O)C(c2ccc(F)c(-c3cccnc3)c2)C1C#N. The molecular formula is C18H13FN4O3. The molecule has 1 aliphatic rings. The number of nitrogens with zero attached hydrogens (tertiary/aromatic N) is 4. The molecule has 0 saturated heterocycles. The van der Waals surface area contributed by atoms with Gasteiger partial charge >= 0.3 is 12.1 Å². The maximum absolute atomic E-state index is 14.3. The molecule has 0 saturated carbocycles. The number of carboxylic acid groups (broad SMARTS) is 1. The van der Waals surface area contributed by atoms with E-state index in [4.69, 9.17) is 0 Å². The standard InChI is InChI=1S/C18H13FN4O3/c1-10-14(8-20)16(23(18(25)26)17(24)22-10)11-4-5-15(19)13(7-11)12-3-2-6-21-9-12/h2-7,9,14,16H,1H3,(H,25,26). The zero-order valence-corrected chi connectivity index (χ0v) is 13.6. The highest BCUT2D eigenvalue weighted by Crippen LogP contribution is 2.36. The summed E-state index contributed by atoms with van der Waals surface area (Å²) in [5.41, 5.74) is 1.23. The van der Waals surface area contributed by atoms with Gasteiger partial charge in [-0.3, -0.25) is 4.98 Å². The Morgan fingerprint density at radius 1 is 1.38 bits per heavy atom. The van der Waals surface area contributed by atoms with Gasteiger partial charge in [0.1, 0.15) is 11.7 Å². The van der Waals surface area contributed by atoms with E-state index in [9.17, 15) is 24.3 Å². The zero-order valence-electron chi connectivity index (χ0n) is 13.6. The molecule has 130 valence electrons. The lowest BCUT2D eigenvalue weighted by atomic mass is 9.87. The summed E-state index contributed by atoms with van der Waals surface area (Å²) in [6.45, 7) is 1.49. The monoisotopic (exact) mass is 352 g/mol. The Kier molecular flexibility index (Phi) is 4.45. The van der Waals surface area contributed by atoms with Gasteiger partial charge in [-0.25, -0.2) is 23.9 Å². The number of urea groups is 1. The van der Waals surface area contributed by atoms with Gasteiger partial charge in [0.25, 0.3) is 0 Å². The minimum absolute atomic E-state index is 0.199. The molecule has 0 spiro atoms. The van der Waals surface area contributed by atoms with Crippen molar-refractivity contribution in [1.29, 1.82) is 5.26 Å². The molecule has 2 heterocycles. The summed E-state index contributed by atoms with van der Waals surface area (Å²) in [5.74, 6) is -1.49. The first kappa shape index (κ1) is 17.2. The van der Waals surface area contributed by atoms with Crippen LogP contribution >= 0.6 is 0 Å². The molecule has 2 aromatic rings. The van der Waals surface area contributed by atoms with E-state index in [1.54, 1.807) is 18.3 Å². The molecule has 8 heteroatoms. The van der Waals surface area contributed by atoms with Crippen LogP contribution in [-0.2, 0) is 0 Å². The first-order chi connectivity index (χ1) is 12.4. The molecule has 0 aliphatic carbocycles. The largest absolute Gasteiger partial charge is 0.465 e. The van der Waals surface area contributed by atoms with Crippen molar-refractivity contribution >= 4 is 17.8 Å². The normalized spacial score (nSPS) is 19.7. The van der Waals surface area contributed by atoms with Crippen LogP contribution in [0.5, 0.6) is 0 Å². The third-order valence-corrected chi connectivity index (χ3v) is 4.17. The summed E-state index contributed by atoms with van der Waals surface area (Å²) < 4.78 is 14.3. The van der Waals surface area contributed by atoms with E-state index in [0.29, 0.717) is 16.0 Å². The molecule has 2 unspecified atom stereocenters. The zero-order chi connectivity index (χ0) is 18.8. The van der Waals surface area contributed by atoms with Crippen LogP contribution in [0.4, 0.5) is 14.0 Å². The number of rotatable bonds is 2. The van der Waals surface area contributed by atoms with Crippen LogP contribution in [0, 0.1) is 23.1 Å². The molecule has 26 heavy (non-hydrogen) atoms. The molecule has 1 aromatic carbocycles. The fourth-order valence-electron chi connectivity index (χ4n) is 2.95. The van der Waals surface area contributed by atoms with Crippen molar-refractivity contribution < 1.29 is 19.1 Å². The Bertz CT molecular complexity index is 953. The minimum atomic E-state index is -1.52. The fourth-order valence-corrected chi connectivity index (χ4v) is 2.95. The van der Waals surface area contributed by atoms with E-state index in [0.717, 1.165) is 0 Å². The molecule has 0 radical (unpaired) electrons. The first-order valence-corrected chi connectivity index (χ1v) is 7.64. The van der Waals surface area contributed by atoms with Gasteiger partial charge in [0, 0.05) is 29.2 Å². The third-order valence-electron chi connectivity index (χ3n) is 4.17. The van der Waals surface area contributed by atoms with Crippen molar-refractivity contribution in [3.05, 3.63) is 54.1 Å². The predicted octanol–water partition coefficient (Wildman–Crippen LogP) is 3.64. The van der Waals surface area contributed by atoms with Crippen LogP contribution in [0.1, 0.15) is 18.5 Å². The number of nitriles is 1. The Morgan fingerprint density at radius 2 is 2.15 bits per heavy atom. The molecule has 2 atom stereocenters. The van der Waals surface area contributed by atoms with E-state index in [1.165, 1.54) is 31.3 Å². The number of carbonyl (C=O) groups excluding carboxylic acids is 1. The Hall–Kier alpha value is -3.60. The highest BCUT2D eigenvalue weighted by Gasteiger charge is 2.42. The van der Waals surface area contributed by atoms with Crippen LogP contribution in [0.3, 0.4) is 0 Å². The van der Waals surface area contributed by atoms with Crippen LogP contribution < -0.4 is 0 Å². The van der Waals surface area contributed by atoms with E-state index < -0.39 is 29.9 Å². The maximum Gasteiger partial charge on any atom is 0.416 e. The first-order valence-electron chi connectivity index (χ1n) is 7.64. The van der Waals surface area contributed by atoms with Crippen molar-refractivity contribution in [2.45, 2.75) is 13.0 Å². The van der Waals surface area contributed by atoms with Crippen molar-refractivity contribution in [2.75, 3.05) is 0 Å². The second-order valence-electron chi connectivity index (χ2n) is 5.72. The highest BCUT2D eigenvalue weighted by molar-refractivity contribution is 6.04. The number of aromatic nitrogens is 1. The van der Waals surface area contributed by atoms with Crippen molar-refractivity contribution in [1.82, 2.24) is 9.88 Å². The quantitative estimate of drug-likeness (QED) is 0.888. The van der Waals surface area contributed by atoms with Crippen LogP contribution in [-0.4, -0.2) is 32.8 Å². The molecule has 0 bridgehead atoms. The summed E-state index contributed by atoms with van der Waals surface area (Å²) in [6.07, 6.45) is 1.49. The van der Waals surface area contributed by atoms with Crippen molar-refractivity contribution in [3.8, 4) is 17.2 Å². The average Bonchev–Trinajstić information content (AvgIpc) is 2.62. The average molecular weight is 352 g/mol. The lowest BCUT2D eigenvalue weighted by Crippen LogP contribution is -2.46. The van der Waals surface area contributed by atoms with Gasteiger partial charge in [0.05, 0.1) is 12.1 Å². The molecule has 1 N–H and O–H groups in total. The molecule has 1 aliphatic heterocycles. The smallest absolute Gasteiger partial charge is 0.416 e. The molecule has 1 aromatic heterocycles. The second-order valence-corrected chi connectivity index (χ2v) is 5.72. The highest BCUT2D eigenvalue weighted by atomic mass is 19.1. The number of halogens is 1. The summed E-state index contributed by atoms with van der Waals surface area (Å²) in [7, 11) is 0. The molecule has 3 rings (SSSR count). The third kappa shape index (κ3) is 2.91. The van der Waals surface area contributed by atoms with Gasteiger partial charge in [0.15, 0.2) is 0 Å². The van der Waals surface area contributed by atoms with Crippen LogP contribution in [0.2, 0.25) is 0 Å². The van der Waals surface area contributed by atoms with Gasteiger partial charge in [-0.1, -0.05) is 12.1 Å². The van der Waals surface area contributed by atoms with Gasteiger partial charge in [-0.15, -0.1) is 0 Å². The Morgan fingerprint density at radius 3 is 2.77 bits per heavy atom. The number of hydrogen-bond donors (Lipinski definition) is 1. The minimum Gasteiger partial charge on any atom is -0.465 e. The summed E-state index contributed by atoms with van der Waals surface area (Å²) >= 11 is 0. The maximum atomic E-state index is 14.3. The number of carbonyl (C=O) groups is 2. The summed E-state index contributed by atoms with van der Waals surface area (Å²) in [5, 5.41) is 18.9. The Balaban J connectivity index is 2.17. The van der Waals surface area contributed by atoms with Crippen molar-refractivity contribution in [2.24, 2.45) is 10.9 Å². The van der Waals surface area contributed by atoms with Crippen LogP contribution in [0.25, 0.3) is 11.1 Å². The number of aliphatic imine (C=N–C) groups is 1. The van der Waals surface area contributed by atoms with Gasteiger partial charge < -0.3 is 5.11 Å². The van der Waals surface area contributed by atoms with Gasteiger partial charge in [-0.05, 0) is 30.7 Å². The van der Waals surface area contributed by atoms with Crippen molar-refractivity contribution in [3.63, 3.8) is 0 Å². The molecule has 0 fully saturated rings. The van der Waals surface area contributed by atoms with E-state index >= 15 is 0 Å². The number of benzene rings is 1. The Labute approximate surface area is 148 Å². The molecule has 3 amide bonds. The predicted molar refractivity (Wildman–Crippen MR) is 89.8 cm³/mol. The fraction of sp³-hybridized carbons (Fsp3) is 0.167. The van der Waals surface area contributed by atoms with Gasteiger partial charge in [0.2, 0.25) is 0 Å². The second kappa shape index (κ2) is 6.72. The summed E-state index contributed by atoms with van der Waals surface area (Å²) in [4.78, 5) is 31.7. The number of imide groups is 1. The lowest BCUT2D eigenvalue weighted by Gasteiger charge is -2.33. The van der Waals surface area contributed by atoms with E-state index in [2.05, 4.69) is 9.98 Å². The lowest BCUT2D eigenvalue weighted by molar-refractivity contribution is 0.129. The van der Waals surface area contributed by atoms with Gasteiger partial charge in [-0.2, -0.15) is 5.26 Å². The topological polar surface area (TPSA) is 107 Å². The van der Waals surface area contributed by atoms with E-state index in [1.807, 2.05) is 6.07 Å². The van der Waals surface area contributed by atoms with Crippen LogP contribution in [0.15, 0.2) is 47.7 Å².